The molecule has 1 amide bonds. The number of imidazole rings is 1. The predicted octanol–water partition coefficient (Wildman–Crippen LogP) is 1.32. The van der Waals surface area contributed by atoms with Gasteiger partial charge in [-0.2, -0.15) is 0 Å². The number of nitrogens with zero attached hydrogens (tertiary/aromatic N) is 5. The van der Waals surface area contributed by atoms with Crippen LogP contribution < -0.4 is 4.90 Å². The van der Waals surface area contributed by atoms with Crippen molar-refractivity contribution in [1.82, 2.24) is 19.5 Å². The SMILES string of the molecule is C=CC(=O)N(C)c1ncnc2c1ncn2C1CCC(COCCOC)O1. The summed E-state index contributed by atoms with van der Waals surface area (Å²) >= 11 is 0. The number of fused-ring (bicyclic) bond motifs is 1. The zero-order chi connectivity index (χ0) is 18.5. The van der Waals surface area contributed by atoms with Crippen LogP contribution in [0.15, 0.2) is 25.3 Å². The Labute approximate surface area is 151 Å². The number of carbonyl (C=O) groups is 1. The molecule has 1 fully saturated rings. The molecule has 140 valence electrons. The van der Waals surface area contributed by atoms with Crippen LogP contribution in [-0.4, -0.2) is 65.5 Å². The van der Waals surface area contributed by atoms with Crippen molar-refractivity contribution in [3.63, 3.8) is 0 Å². The lowest BCUT2D eigenvalue weighted by Crippen LogP contribution is -2.25. The second-order valence-electron chi connectivity index (χ2n) is 5.98. The Bertz CT molecular complexity index is 778. The average molecular weight is 361 g/mol. The van der Waals surface area contributed by atoms with Crippen LogP contribution >= 0.6 is 0 Å². The van der Waals surface area contributed by atoms with Gasteiger partial charge in [0.05, 0.1) is 32.3 Å². The van der Waals surface area contributed by atoms with E-state index in [9.17, 15) is 4.79 Å². The molecule has 0 spiro atoms. The van der Waals surface area contributed by atoms with E-state index in [1.165, 1.54) is 17.3 Å². The number of hydrogen-bond donors (Lipinski definition) is 0. The van der Waals surface area contributed by atoms with Crippen LogP contribution in [0.2, 0.25) is 0 Å². The van der Waals surface area contributed by atoms with Gasteiger partial charge in [-0.1, -0.05) is 6.58 Å². The van der Waals surface area contributed by atoms with E-state index >= 15 is 0 Å². The quantitative estimate of drug-likeness (QED) is 0.517. The van der Waals surface area contributed by atoms with Crippen molar-refractivity contribution in [2.45, 2.75) is 25.2 Å². The second kappa shape index (κ2) is 8.35. The molecule has 9 nitrogen and oxygen atoms in total. The molecule has 2 aromatic rings. The summed E-state index contributed by atoms with van der Waals surface area (Å²) in [6.07, 6.45) is 5.92. The first-order valence-corrected chi connectivity index (χ1v) is 8.45. The summed E-state index contributed by atoms with van der Waals surface area (Å²) in [6, 6.07) is 0. The van der Waals surface area contributed by atoms with Crippen LogP contribution in [0, 0.1) is 0 Å². The maximum absolute atomic E-state index is 11.9. The van der Waals surface area contributed by atoms with Crippen molar-refractivity contribution in [3.05, 3.63) is 25.3 Å². The van der Waals surface area contributed by atoms with E-state index < -0.39 is 0 Å². The molecule has 0 bridgehead atoms. The summed E-state index contributed by atoms with van der Waals surface area (Å²) in [7, 11) is 3.27. The number of anilines is 1. The highest BCUT2D eigenvalue weighted by Gasteiger charge is 2.29. The van der Waals surface area contributed by atoms with Gasteiger partial charge in [0.1, 0.15) is 12.6 Å². The molecule has 0 aromatic carbocycles. The predicted molar refractivity (Wildman–Crippen MR) is 94.8 cm³/mol. The number of aromatic nitrogens is 4. The van der Waals surface area contributed by atoms with Gasteiger partial charge < -0.3 is 14.2 Å². The van der Waals surface area contributed by atoms with Crippen molar-refractivity contribution in [1.29, 1.82) is 0 Å². The van der Waals surface area contributed by atoms with Gasteiger partial charge in [0.15, 0.2) is 17.0 Å². The Morgan fingerprint density at radius 2 is 2.27 bits per heavy atom. The molecule has 1 aliphatic heterocycles. The van der Waals surface area contributed by atoms with Crippen molar-refractivity contribution in [2.75, 3.05) is 38.9 Å². The second-order valence-corrected chi connectivity index (χ2v) is 5.98. The molecule has 0 N–H and O–H groups in total. The van der Waals surface area contributed by atoms with E-state index in [-0.39, 0.29) is 18.2 Å². The Morgan fingerprint density at radius 3 is 3.04 bits per heavy atom. The fraction of sp³-hybridized carbons (Fsp3) is 0.529. The van der Waals surface area contributed by atoms with Gasteiger partial charge >= 0.3 is 0 Å². The van der Waals surface area contributed by atoms with E-state index in [4.69, 9.17) is 14.2 Å². The minimum atomic E-state index is -0.259. The molecule has 2 unspecified atom stereocenters. The molecule has 3 rings (SSSR count). The van der Waals surface area contributed by atoms with Crippen LogP contribution in [-0.2, 0) is 19.0 Å². The van der Waals surface area contributed by atoms with E-state index in [0.717, 1.165) is 12.8 Å². The molecule has 0 saturated carbocycles. The topological polar surface area (TPSA) is 91.6 Å². The summed E-state index contributed by atoms with van der Waals surface area (Å²) < 4.78 is 18.5. The Kier molecular flexibility index (Phi) is 5.92. The van der Waals surface area contributed by atoms with Gasteiger partial charge in [-0.3, -0.25) is 14.3 Å². The summed E-state index contributed by atoms with van der Waals surface area (Å²) in [5.41, 5.74) is 1.18. The normalized spacial score (nSPS) is 19.8. The molecule has 1 saturated heterocycles. The molecule has 26 heavy (non-hydrogen) atoms. The summed E-state index contributed by atoms with van der Waals surface area (Å²) in [5, 5.41) is 0. The lowest BCUT2D eigenvalue weighted by atomic mass is 10.2. The maximum atomic E-state index is 11.9. The number of hydrogen-bond acceptors (Lipinski definition) is 7. The zero-order valence-electron chi connectivity index (χ0n) is 15.0. The third kappa shape index (κ3) is 3.74. The van der Waals surface area contributed by atoms with E-state index in [1.54, 1.807) is 20.5 Å². The van der Waals surface area contributed by atoms with E-state index in [1.807, 2.05) is 4.57 Å². The van der Waals surface area contributed by atoms with Crippen molar-refractivity contribution in [2.24, 2.45) is 0 Å². The molecule has 1 aliphatic rings. The van der Waals surface area contributed by atoms with Crippen molar-refractivity contribution >= 4 is 22.9 Å². The fourth-order valence-corrected chi connectivity index (χ4v) is 2.91. The molecular formula is C17H23N5O4. The number of likely N-dealkylation sites (N-methyl/N-ethyl adjacent to an activating group) is 1. The Balaban J connectivity index is 1.74. The molecule has 2 aromatic heterocycles. The largest absolute Gasteiger partial charge is 0.382 e. The number of carbonyl (C=O) groups excluding carboxylic acids is 1. The number of rotatable bonds is 8. The summed E-state index contributed by atoms with van der Waals surface area (Å²) in [5.74, 6) is 0.182. The summed E-state index contributed by atoms with van der Waals surface area (Å²) in [6.45, 7) is 5.15. The first-order valence-electron chi connectivity index (χ1n) is 8.45. The highest BCUT2D eigenvalue weighted by molar-refractivity contribution is 6.03. The summed E-state index contributed by atoms with van der Waals surface area (Å²) in [4.78, 5) is 26.2. The number of amides is 1. The Hall–Kier alpha value is -2.36. The highest BCUT2D eigenvalue weighted by atomic mass is 16.6. The first-order chi connectivity index (χ1) is 12.7. The third-order valence-electron chi connectivity index (χ3n) is 4.29. The maximum Gasteiger partial charge on any atom is 0.251 e. The van der Waals surface area contributed by atoms with Crippen LogP contribution in [0.5, 0.6) is 0 Å². The van der Waals surface area contributed by atoms with Gasteiger partial charge in [0, 0.05) is 14.2 Å². The smallest absolute Gasteiger partial charge is 0.251 e. The standard InChI is InChI=1S/C17H23N5O4/c1-4-13(23)21(2)16-15-17(19-10-18-16)22(11-20-15)14-6-5-12(26-14)9-25-8-7-24-3/h4,10-12,14H,1,5-9H2,2-3H3. The molecule has 3 heterocycles. The van der Waals surface area contributed by atoms with Gasteiger partial charge in [-0.25, -0.2) is 15.0 Å². The van der Waals surface area contributed by atoms with Crippen molar-refractivity contribution in [3.8, 4) is 0 Å². The number of methoxy groups -OCH3 is 1. The molecule has 2 atom stereocenters. The van der Waals surface area contributed by atoms with E-state index in [0.29, 0.717) is 36.8 Å². The highest BCUT2D eigenvalue weighted by Crippen LogP contribution is 2.31. The third-order valence-corrected chi connectivity index (χ3v) is 4.29. The van der Waals surface area contributed by atoms with Crippen LogP contribution in [0.25, 0.3) is 11.2 Å². The molecule has 0 aliphatic carbocycles. The monoisotopic (exact) mass is 361 g/mol. The van der Waals surface area contributed by atoms with Gasteiger partial charge in [-0.15, -0.1) is 0 Å². The molecular weight excluding hydrogens is 338 g/mol. The lowest BCUT2D eigenvalue weighted by Gasteiger charge is -2.16. The minimum Gasteiger partial charge on any atom is -0.382 e. The molecule has 9 heteroatoms. The van der Waals surface area contributed by atoms with Crippen LogP contribution in [0.4, 0.5) is 5.82 Å². The van der Waals surface area contributed by atoms with Gasteiger partial charge in [0.2, 0.25) is 0 Å². The first kappa shape index (κ1) is 18.4. The minimum absolute atomic E-state index is 0.0284. The average Bonchev–Trinajstić information content (AvgIpc) is 3.30. The van der Waals surface area contributed by atoms with Crippen LogP contribution in [0.3, 0.4) is 0 Å². The zero-order valence-corrected chi connectivity index (χ0v) is 15.0. The van der Waals surface area contributed by atoms with E-state index in [2.05, 4.69) is 21.5 Å². The lowest BCUT2D eigenvalue weighted by molar-refractivity contribution is -0.113. The number of ether oxygens (including phenoxy) is 3. The van der Waals surface area contributed by atoms with Gasteiger partial charge in [0.25, 0.3) is 5.91 Å². The van der Waals surface area contributed by atoms with Gasteiger partial charge in [-0.05, 0) is 18.9 Å². The van der Waals surface area contributed by atoms with Crippen LogP contribution in [0.1, 0.15) is 19.1 Å². The fourth-order valence-electron chi connectivity index (χ4n) is 2.91. The Morgan fingerprint density at radius 1 is 1.42 bits per heavy atom. The van der Waals surface area contributed by atoms with Crippen molar-refractivity contribution < 1.29 is 19.0 Å². The molecule has 0 radical (unpaired) electrons.